The summed E-state index contributed by atoms with van der Waals surface area (Å²) < 4.78 is 17.4. The molecule has 262 valence electrons. The molecule has 0 spiro atoms. The number of thioether (sulfide) groups is 1. The van der Waals surface area contributed by atoms with Crippen molar-refractivity contribution in [3.63, 3.8) is 0 Å². The zero-order valence-electron chi connectivity index (χ0n) is 28.2. The van der Waals surface area contributed by atoms with Gasteiger partial charge in [0.1, 0.15) is 11.4 Å². The molecule has 0 aliphatic carbocycles. The van der Waals surface area contributed by atoms with Crippen molar-refractivity contribution < 1.29 is 28.6 Å². The van der Waals surface area contributed by atoms with Crippen LogP contribution in [0.4, 0.5) is 10.8 Å². The summed E-state index contributed by atoms with van der Waals surface area (Å²) >= 11 is 6.18. The number of nitrogens with one attached hydrogen (secondary N) is 3. The second-order valence-electron chi connectivity index (χ2n) is 10.9. The van der Waals surface area contributed by atoms with Crippen LogP contribution in [0.2, 0.25) is 0 Å². The number of hydrogen-bond acceptors (Lipinski definition) is 9. The van der Waals surface area contributed by atoms with E-state index in [-0.39, 0.29) is 11.6 Å². The Balaban J connectivity index is 1.34. The number of amides is 3. The van der Waals surface area contributed by atoms with Crippen molar-refractivity contribution in [3.05, 3.63) is 118 Å². The van der Waals surface area contributed by atoms with Crippen LogP contribution < -0.4 is 30.2 Å². The number of thiazole rings is 1. The Labute approximate surface area is 312 Å². The molecule has 5 rings (SSSR count). The van der Waals surface area contributed by atoms with Crippen molar-refractivity contribution in [3.8, 4) is 28.5 Å². The second kappa shape index (κ2) is 17.7. The molecule has 3 amide bonds. The van der Waals surface area contributed by atoms with Gasteiger partial charge < -0.3 is 30.2 Å². The predicted molar refractivity (Wildman–Crippen MR) is 207 cm³/mol. The molecule has 0 fully saturated rings. The molecular weight excluding hydrogens is 752 g/mol. The maximum Gasteiger partial charge on any atom is 0.272 e. The minimum Gasteiger partial charge on any atom is -0.496 e. The second-order valence-corrected chi connectivity index (χ2v) is 13.9. The first-order chi connectivity index (χ1) is 24.7. The van der Waals surface area contributed by atoms with Crippen molar-refractivity contribution in [1.82, 2.24) is 10.3 Å². The number of aromatic nitrogens is 1. The fraction of sp³-hybridized carbons (Fsp3) is 0.158. The minimum absolute atomic E-state index is 0.0378. The molecule has 1 atom stereocenters. The lowest BCUT2D eigenvalue weighted by atomic mass is 10.1. The van der Waals surface area contributed by atoms with Crippen LogP contribution >= 0.6 is 39.0 Å². The van der Waals surface area contributed by atoms with Gasteiger partial charge >= 0.3 is 0 Å². The lowest BCUT2D eigenvalue weighted by Crippen LogP contribution is -2.30. The first-order valence-corrected chi connectivity index (χ1v) is 18.2. The van der Waals surface area contributed by atoms with Crippen LogP contribution in [0.1, 0.15) is 29.3 Å². The lowest BCUT2D eigenvalue weighted by Gasteiger charge is -2.16. The van der Waals surface area contributed by atoms with E-state index in [1.807, 2.05) is 42.6 Å². The van der Waals surface area contributed by atoms with Crippen molar-refractivity contribution in [2.75, 3.05) is 32.0 Å². The van der Waals surface area contributed by atoms with Gasteiger partial charge in [0.05, 0.1) is 32.3 Å². The summed E-state index contributed by atoms with van der Waals surface area (Å²) in [5, 5.41) is 10.6. The molecule has 5 aromatic rings. The molecule has 10 nitrogen and oxygen atoms in total. The van der Waals surface area contributed by atoms with E-state index in [9.17, 15) is 14.4 Å². The third-order valence-corrected chi connectivity index (χ3v) is 10.1. The van der Waals surface area contributed by atoms with Gasteiger partial charge in [0.2, 0.25) is 5.91 Å². The van der Waals surface area contributed by atoms with Gasteiger partial charge in [0, 0.05) is 43.2 Å². The van der Waals surface area contributed by atoms with Crippen LogP contribution in [0, 0.1) is 0 Å². The summed E-state index contributed by atoms with van der Waals surface area (Å²) in [4.78, 5) is 45.7. The summed E-state index contributed by atoms with van der Waals surface area (Å²) in [6.07, 6.45) is 2.07. The standard InChI is InChI=1S/C38H35BrN4O6S2/c1-5-34(37(46)43-38-42-30(22-50-38)23-14-16-26(39)17-15-23)51-28-13-9-12-27(20-28)40-36(45)29(41-35(44)24-10-7-6-8-11-24)18-25-19-32(48-3)33(49-4)21-31(25)47-2/h6-22,34H,5H2,1-4H3,(H,40,45)(H,41,44)(H,42,43,46)/b29-18+. The van der Waals surface area contributed by atoms with Crippen molar-refractivity contribution in [1.29, 1.82) is 0 Å². The number of nitrogens with zero attached hydrogens (tertiary/aromatic N) is 1. The number of benzene rings is 4. The topological polar surface area (TPSA) is 128 Å². The highest BCUT2D eigenvalue weighted by atomic mass is 79.9. The van der Waals surface area contributed by atoms with E-state index >= 15 is 0 Å². The fourth-order valence-electron chi connectivity index (χ4n) is 4.87. The number of rotatable bonds is 14. The highest BCUT2D eigenvalue weighted by Crippen LogP contribution is 2.36. The highest BCUT2D eigenvalue weighted by Gasteiger charge is 2.21. The Morgan fingerprint density at radius 1 is 0.863 bits per heavy atom. The molecule has 13 heteroatoms. The molecular formula is C38H35BrN4O6S2. The molecule has 4 aromatic carbocycles. The molecule has 3 N–H and O–H groups in total. The Bertz CT molecular complexity index is 2040. The Morgan fingerprint density at radius 2 is 1.57 bits per heavy atom. The van der Waals surface area contributed by atoms with Gasteiger partial charge in [0.15, 0.2) is 16.6 Å². The number of halogens is 1. The number of hydrogen-bond donors (Lipinski definition) is 3. The summed E-state index contributed by atoms with van der Waals surface area (Å²) in [7, 11) is 4.50. The summed E-state index contributed by atoms with van der Waals surface area (Å²) in [6, 6.07) is 26.8. The highest BCUT2D eigenvalue weighted by molar-refractivity contribution is 9.10. The minimum atomic E-state index is -0.576. The first-order valence-electron chi connectivity index (χ1n) is 15.7. The molecule has 1 aromatic heterocycles. The number of anilines is 2. The van der Waals surface area contributed by atoms with Gasteiger partial charge in [-0.2, -0.15) is 0 Å². The third kappa shape index (κ3) is 9.78. The van der Waals surface area contributed by atoms with E-state index < -0.39 is 17.1 Å². The zero-order valence-corrected chi connectivity index (χ0v) is 31.4. The quantitative estimate of drug-likeness (QED) is 0.0756. The molecule has 1 unspecified atom stereocenters. The van der Waals surface area contributed by atoms with Crippen LogP contribution in [0.3, 0.4) is 0 Å². The molecule has 0 saturated heterocycles. The van der Waals surface area contributed by atoms with E-state index in [1.54, 1.807) is 60.7 Å². The largest absolute Gasteiger partial charge is 0.496 e. The van der Waals surface area contributed by atoms with Gasteiger partial charge in [-0.1, -0.05) is 59.3 Å². The van der Waals surface area contributed by atoms with Crippen LogP contribution in [0.25, 0.3) is 17.3 Å². The number of methoxy groups -OCH3 is 3. The maximum atomic E-state index is 13.8. The average molecular weight is 788 g/mol. The Kier molecular flexibility index (Phi) is 12.9. The van der Waals surface area contributed by atoms with Gasteiger partial charge in [0.25, 0.3) is 11.8 Å². The van der Waals surface area contributed by atoms with Crippen LogP contribution in [-0.2, 0) is 9.59 Å². The van der Waals surface area contributed by atoms with E-state index in [2.05, 4.69) is 36.9 Å². The molecule has 1 heterocycles. The number of carbonyl (C=O) groups is 3. The van der Waals surface area contributed by atoms with Crippen molar-refractivity contribution in [2.24, 2.45) is 0 Å². The monoisotopic (exact) mass is 786 g/mol. The smallest absolute Gasteiger partial charge is 0.272 e. The van der Waals surface area contributed by atoms with Crippen LogP contribution in [-0.4, -0.2) is 49.3 Å². The average Bonchev–Trinajstić information content (AvgIpc) is 3.62. The lowest BCUT2D eigenvalue weighted by molar-refractivity contribution is -0.116. The Hall–Kier alpha value is -5.11. The number of carbonyl (C=O) groups excluding carboxylic acids is 3. The fourth-order valence-corrected chi connectivity index (χ4v) is 6.87. The zero-order chi connectivity index (χ0) is 36.3. The van der Waals surface area contributed by atoms with Crippen molar-refractivity contribution in [2.45, 2.75) is 23.5 Å². The Morgan fingerprint density at radius 3 is 2.25 bits per heavy atom. The maximum absolute atomic E-state index is 13.8. The van der Waals surface area contributed by atoms with Gasteiger partial charge in [-0.3, -0.25) is 14.4 Å². The number of ether oxygens (including phenoxy) is 3. The SMILES string of the molecule is CCC(Sc1cccc(NC(=O)/C(=C\c2cc(OC)c(OC)cc2OC)NC(=O)c2ccccc2)c1)C(=O)Nc1nc(-c2ccc(Br)cc2)cs1. The normalized spacial score (nSPS) is 11.7. The van der Waals surface area contributed by atoms with Gasteiger partial charge in [-0.05, 0) is 61.0 Å². The van der Waals surface area contributed by atoms with E-state index in [0.29, 0.717) is 45.6 Å². The third-order valence-electron chi connectivity index (χ3n) is 7.47. The van der Waals surface area contributed by atoms with Crippen LogP contribution in [0.5, 0.6) is 17.2 Å². The van der Waals surface area contributed by atoms with E-state index in [0.717, 1.165) is 20.6 Å². The molecule has 0 aliphatic heterocycles. The van der Waals surface area contributed by atoms with Gasteiger partial charge in [-0.15, -0.1) is 23.1 Å². The van der Waals surface area contributed by atoms with Crippen LogP contribution in [0.15, 0.2) is 111 Å². The predicted octanol–water partition coefficient (Wildman–Crippen LogP) is 8.52. The van der Waals surface area contributed by atoms with Gasteiger partial charge in [-0.25, -0.2) is 4.98 Å². The summed E-state index contributed by atoms with van der Waals surface area (Å²) in [5.74, 6) is 0.0344. The molecule has 0 bridgehead atoms. The van der Waals surface area contributed by atoms with E-state index in [4.69, 9.17) is 14.2 Å². The first kappa shape index (κ1) is 37.2. The molecule has 0 aliphatic rings. The van der Waals surface area contributed by atoms with E-state index in [1.165, 1.54) is 50.5 Å². The molecule has 0 saturated carbocycles. The molecule has 51 heavy (non-hydrogen) atoms. The summed E-state index contributed by atoms with van der Waals surface area (Å²) in [5.41, 5.74) is 3.02. The summed E-state index contributed by atoms with van der Waals surface area (Å²) in [6.45, 7) is 1.94. The van der Waals surface area contributed by atoms with Crippen molar-refractivity contribution >= 4 is 73.6 Å². The molecule has 0 radical (unpaired) electrons.